The van der Waals surface area contributed by atoms with E-state index in [1.54, 1.807) is 17.7 Å². The van der Waals surface area contributed by atoms with Gasteiger partial charge in [0.25, 0.3) is 0 Å². The van der Waals surface area contributed by atoms with Crippen molar-refractivity contribution in [3.63, 3.8) is 0 Å². The Morgan fingerprint density at radius 3 is 3.05 bits per heavy atom. The van der Waals surface area contributed by atoms with Crippen LogP contribution >= 0.6 is 23.1 Å². The fourth-order valence-electron chi connectivity index (χ4n) is 1.53. The molecular formula is C11H10N3O3S2-. The third-order valence-electron chi connectivity index (χ3n) is 2.29. The van der Waals surface area contributed by atoms with E-state index in [2.05, 4.69) is 16.6 Å². The molecule has 0 aliphatic carbocycles. The van der Waals surface area contributed by atoms with E-state index < -0.39 is 11.2 Å². The van der Waals surface area contributed by atoms with Gasteiger partial charge in [0.2, 0.25) is 11.0 Å². The van der Waals surface area contributed by atoms with Crippen LogP contribution in [0.15, 0.2) is 29.2 Å². The van der Waals surface area contributed by atoms with E-state index in [9.17, 15) is 14.7 Å². The number of aromatic nitrogens is 1. The first-order valence-corrected chi connectivity index (χ1v) is 7.14. The highest BCUT2D eigenvalue weighted by molar-refractivity contribution is 8.15. The molecule has 0 bridgehead atoms. The van der Waals surface area contributed by atoms with Crippen LogP contribution in [0.5, 0.6) is 0 Å². The first-order chi connectivity index (χ1) is 9.11. The number of hydrogen-bond acceptors (Lipinski definition) is 7. The van der Waals surface area contributed by atoms with Crippen molar-refractivity contribution in [1.29, 1.82) is 0 Å². The summed E-state index contributed by atoms with van der Waals surface area (Å²) in [5.74, 6) is -1.54. The molecule has 1 aliphatic rings. The number of aliphatic carboxylic acids is 1. The molecule has 6 nitrogen and oxygen atoms in total. The molecule has 1 saturated heterocycles. The topological polar surface area (TPSA) is 85.7 Å². The Labute approximate surface area is 117 Å². The van der Waals surface area contributed by atoms with Crippen molar-refractivity contribution in [3.05, 3.63) is 24.2 Å². The molecule has 19 heavy (non-hydrogen) atoms. The molecule has 1 aromatic heterocycles. The molecule has 2 rings (SSSR count). The van der Waals surface area contributed by atoms with Crippen molar-refractivity contribution in [2.24, 2.45) is 4.99 Å². The monoisotopic (exact) mass is 296 g/mol. The Morgan fingerprint density at radius 2 is 2.47 bits per heavy atom. The Bertz CT molecular complexity index is 527. The van der Waals surface area contributed by atoms with Gasteiger partial charge in [-0.2, -0.15) is 4.99 Å². The lowest BCUT2D eigenvalue weighted by molar-refractivity contribution is -0.305. The number of carbonyl (C=O) groups is 2. The maximum atomic E-state index is 12.0. The summed E-state index contributed by atoms with van der Waals surface area (Å²) in [5, 5.41) is 12.7. The first kappa shape index (κ1) is 13.8. The number of amidine groups is 1. The maximum absolute atomic E-state index is 12.0. The summed E-state index contributed by atoms with van der Waals surface area (Å²) in [5.41, 5.74) is 0. The number of carboxylic acids is 1. The number of thioether (sulfide) groups is 1. The first-order valence-electron chi connectivity index (χ1n) is 5.38. The molecule has 8 heteroatoms. The maximum Gasteiger partial charge on any atom is 0.242 e. The molecule has 0 spiro atoms. The molecule has 1 atom stereocenters. The molecule has 1 fully saturated rings. The van der Waals surface area contributed by atoms with Crippen LogP contribution in [0.25, 0.3) is 0 Å². The van der Waals surface area contributed by atoms with Crippen LogP contribution < -0.4 is 5.11 Å². The lowest BCUT2D eigenvalue weighted by Gasteiger charge is -2.13. The van der Waals surface area contributed by atoms with E-state index in [-0.39, 0.29) is 12.3 Å². The highest BCUT2D eigenvalue weighted by Gasteiger charge is 2.37. The van der Waals surface area contributed by atoms with E-state index in [0.717, 1.165) is 11.8 Å². The minimum absolute atomic E-state index is 0.288. The summed E-state index contributed by atoms with van der Waals surface area (Å²) < 4.78 is 0. The highest BCUT2D eigenvalue weighted by Crippen LogP contribution is 2.31. The van der Waals surface area contributed by atoms with Gasteiger partial charge in [-0.05, 0) is 0 Å². The Kier molecular flexibility index (Phi) is 4.33. The zero-order valence-electron chi connectivity index (χ0n) is 9.81. The van der Waals surface area contributed by atoms with E-state index in [1.807, 2.05) is 0 Å². The van der Waals surface area contributed by atoms with Crippen molar-refractivity contribution in [2.45, 2.75) is 11.7 Å². The Hall–Kier alpha value is -1.67. The second kappa shape index (κ2) is 5.98. The van der Waals surface area contributed by atoms with Gasteiger partial charge >= 0.3 is 0 Å². The average molecular weight is 296 g/mol. The number of nitrogens with zero attached hydrogens (tertiary/aromatic N) is 3. The SMILES string of the molecule is C=CCN1C(=O)C(CC(=O)[O-])S/C1=N/c1nccs1. The predicted molar refractivity (Wildman–Crippen MR) is 72.1 cm³/mol. The van der Waals surface area contributed by atoms with Crippen LogP contribution in [0.1, 0.15) is 6.42 Å². The van der Waals surface area contributed by atoms with Gasteiger partial charge in [-0.25, -0.2) is 4.98 Å². The standard InChI is InChI=1S/C11H11N3O3S2/c1-2-4-14-9(17)7(6-8(15)16)19-11(14)13-10-12-3-5-18-10/h2-3,5,7H,1,4,6H2,(H,15,16)/p-1/b13-11+. The lowest BCUT2D eigenvalue weighted by atomic mass is 10.3. The second-order valence-corrected chi connectivity index (χ2v) is 5.67. The van der Waals surface area contributed by atoms with E-state index in [1.165, 1.54) is 16.2 Å². The minimum Gasteiger partial charge on any atom is -0.550 e. The summed E-state index contributed by atoms with van der Waals surface area (Å²) in [6.07, 6.45) is 2.85. The average Bonchev–Trinajstić information content (AvgIpc) is 2.94. The summed E-state index contributed by atoms with van der Waals surface area (Å²) in [6, 6.07) is 0. The number of aliphatic imine (C=N–C) groups is 1. The van der Waals surface area contributed by atoms with Crippen molar-refractivity contribution in [3.8, 4) is 0 Å². The Balaban J connectivity index is 2.23. The molecule has 1 aromatic rings. The molecule has 1 amide bonds. The minimum atomic E-state index is -1.25. The van der Waals surface area contributed by atoms with Crippen LogP contribution in [-0.2, 0) is 9.59 Å². The number of carbonyl (C=O) groups excluding carboxylic acids is 2. The quantitative estimate of drug-likeness (QED) is 0.734. The normalized spacial score (nSPS) is 21.1. The van der Waals surface area contributed by atoms with Crippen molar-refractivity contribution < 1.29 is 14.7 Å². The van der Waals surface area contributed by atoms with E-state index >= 15 is 0 Å². The van der Waals surface area contributed by atoms with Crippen LogP contribution in [-0.4, -0.2) is 38.7 Å². The van der Waals surface area contributed by atoms with Crippen LogP contribution in [0, 0.1) is 0 Å². The molecule has 1 unspecified atom stereocenters. The fourth-order valence-corrected chi connectivity index (χ4v) is 3.22. The third kappa shape index (κ3) is 3.21. The fraction of sp³-hybridized carbons (Fsp3) is 0.273. The number of rotatable bonds is 5. The van der Waals surface area contributed by atoms with Crippen LogP contribution in [0.4, 0.5) is 5.13 Å². The van der Waals surface area contributed by atoms with Crippen molar-refractivity contribution >= 4 is 45.3 Å². The van der Waals surface area contributed by atoms with Crippen molar-refractivity contribution in [1.82, 2.24) is 9.88 Å². The van der Waals surface area contributed by atoms with Gasteiger partial charge in [-0.1, -0.05) is 17.8 Å². The smallest absolute Gasteiger partial charge is 0.242 e. The van der Waals surface area contributed by atoms with Gasteiger partial charge in [-0.15, -0.1) is 17.9 Å². The van der Waals surface area contributed by atoms with Crippen LogP contribution in [0.3, 0.4) is 0 Å². The zero-order valence-corrected chi connectivity index (χ0v) is 11.4. The lowest BCUT2D eigenvalue weighted by Crippen LogP contribution is -2.35. The third-order valence-corrected chi connectivity index (χ3v) is 4.13. The number of thiazole rings is 1. The molecule has 100 valence electrons. The molecule has 0 aromatic carbocycles. The summed E-state index contributed by atoms with van der Waals surface area (Å²) in [7, 11) is 0. The summed E-state index contributed by atoms with van der Waals surface area (Å²) in [4.78, 5) is 32.3. The number of amides is 1. The second-order valence-electron chi connectivity index (χ2n) is 3.63. The molecule has 0 saturated carbocycles. The molecule has 0 N–H and O–H groups in total. The van der Waals surface area contributed by atoms with Gasteiger partial charge in [0.15, 0.2) is 5.17 Å². The van der Waals surface area contributed by atoms with Gasteiger partial charge < -0.3 is 9.90 Å². The summed E-state index contributed by atoms with van der Waals surface area (Å²) in [6.45, 7) is 3.87. The van der Waals surface area contributed by atoms with Gasteiger partial charge in [0.1, 0.15) is 0 Å². The van der Waals surface area contributed by atoms with Gasteiger partial charge in [0, 0.05) is 30.5 Å². The van der Waals surface area contributed by atoms with Gasteiger partial charge in [-0.3, -0.25) is 9.69 Å². The van der Waals surface area contributed by atoms with Crippen molar-refractivity contribution in [2.75, 3.05) is 6.54 Å². The van der Waals surface area contributed by atoms with Crippen LogP contribution in [0.2, 0.25) is 0 Å². The number of carboxylic acid groups (broad SMARTS) is 1. The van der Waals surface area contributed by atoms with Gasteiger partial charge in [0.05, 0.1) is 5.25 Å². The zero-order chi connectivity index (χ0) is 13.8. The van der Waals surface area contributed by atoms with E-state index in [4.69, 9.17) is 0 Å². The van der Waals surface area contributed by atoms with E-state index in [0.29, 0.717) is 16.8 Å². The molecule has 1 aliphatic heterocycles. The predicted octanol–water partition coefficient (Wildman–Crippen LogP) is 0.401. The molecule has 2 heterocycles. The molecule has 0 radical (unpaired) electrons. The highest BCUT2D eigenvalue weighted by atomic mass is 32.2. The Morgan fingerprint density at radius 1 is 1.68 bits per heavy atom. The molecular weight excluding hydrogens is 286 g/mol. The largest absolute Gasteiger partial charge is 0.550 e. The number of hydrogen-bond donors (Lipinski definition) is 0. The summed E-state index contributed by atoms with van der Waals surface area (Å²) >= 11 is 2.46.